The van der Waals surface area contributed by atoms with Crippen molar-refractivity contribution in [3.8, 4) is 11.5 Å². The van der Waals surface area contributed by atoms with Gasteiger partial charge in [-0.1, -0.05) is 65.3 Å². The first kappa shape index (κ1) is 36.4. The molecule has 0 heterocycles. The van der Waals surface area contributed by atoms with E-state index in [1.807, 2.05) is 68.4 Å². The Morgan fingerprint density at radius 2 is 1.52 bits per heavy atom. The Morgan fingerprint density at radius 3 is 2.12 bits per heavy atom. The lowest BCUT2D eigenvalue weighted by Gasteiger charge is -2.34. The van der Waals surface area contributed by atoms with Gasteiger partial charge in [0.2, 0.25) is 11.8 Å². The van der Waals surface area contributed by atoms with Gasteiger partial charge in [-0.15, -0.1) is 0 Å². The number of anilines is 1. The number of benzene rings is 4. The standard InChI is InChI=1S/C36H39BrFN3O6S/c1-5-25(2)39-36(43)32(21-26-9-7-6-8-10-26)40(23-27-11-13-28(37)14-12-27)35(42)24-41(30-17-15-29(38)16-18-30)48(44,45)31-19-20-33(46-3)34(22-31)47-4/h6-20,22,25,32H,5,21,23-24H2,1-4H3,(H,39,43)/t25-,32+/m1/s1. The van der Waals surface area contributed by atoms with Crippen LogP contribution in [0.25, 0.3) is 0 Å². The first-order valence-electron chi connectivity index (χ1n) is 15.3. The van der Waals surface area contributed by atoms with Crippen LogP contribution in [-0.4, -0.2) is 58.0 Å². The molecule has 0 aliphatic rings. The molecule has 4 aromatic rings. The fraction of sp³-hybridized carbons (Fsp3) is 0.278. The van der Waals surface area contributed by atoms with Gasteiger partial charge in [-0.25, -0.2) is 12.8 Å². The second-order valence-electron chi connectivity index (χ2n) is 11.2. The fourth-order valence-corrected chi connectivity index (χ4v) is 6.72. The van der Waals surface area contributed by atoms with Crippen LogP contribution in [0.4, 0.5) is 10.1 Å². The Bertz CT molecular complexity index is 1790. The first-order chi connectivity index (χ1) is 23.0. The van der Waals surface area contributed by atoms with Gasteiger partial charge in [0, 0.05) is 29.5 Å². The summed E-state index contributed by atoms with van der Waals surface area (Å²) in [4.78, 5) is 29.7. The van der Waals surface area contributed by atoms with Crippen molar-refractivity contribution < 1.29 is 31.9 Å². The van der Waals surface area contributed by atoms with E-state index >= 15 is 0 Å². The van der Waals surface area contributed by atoms with Gasteiger partial charge in [-0.3, -0.25) is 13.9 Å². The van der Waals surface area contributed by atoms with Crippen LogP contribution in [0.1, 0.15) is 31.4 Å². The van der Waals surface area contributed by atoms with Crippen LogP contribution in [0.15, 0.2) is 106 Å². The van der Waals surface area contributed by atoms with E-state index in [0.29, 0.717) is 12.2 Å². The van der Waals surface area contributed by atoms with Crippen molar-refractivity contribution in [2.45, 2.75) is 50.2 Å². The highest BCUT2D eigenvalue weighted by Crippen LogP contribution is 2.32. The largest absolute Gasteiger partial charge is 0.493 e. The summed E-state index contributed by atoms with van der Waals surface area (Å²) in [5, 5.41) is 3.01. The van der Waals surface area contributed by atoms with E-state index in [4.69, 9.17) is 9.47 Å². The average Bonchev–Trinajstić information content (AvgIpc) is 3.09. The lowest BCUT2D eigenvalue weighted by Crippen LogP contribution is -2.54. The SMILES string of the molecule is CC[C@@H](C)NC(=O)[C@H](Cc1ccccc1)N(Cc1ccc(Br)cc1)C(=O)CN(c1ccc(F)cc1)S(=O)(=O)c1ccc(OC)c(OC)c1. The molecule has 0 saturated carbocycles. The van der Waals surface area contributed by atoms with E-state index in [9.17, 15) is 22.4 Å². The quantitative estimate of drug-likeness (QED) is 0.152. The molecule has 0 unspecified atom stereocenters. The number of hydrogen-bond acceptors (Lipinski definition) is 6. The monoisotopic (exact) mass is 739 g/mol. The minimum atomic E-state index is -4.44. The van der Waals surface area contributed by atoms with Gasteiger partial charge in [-0.2, -0.15) is 0 Å². The Kier molecular flexibility index (Phi) is 12.6. The van der Waals surface area contributed by atoms with Gasteiger partial charge in [0.25, 0.3) is 10.0 Å². The topological polar surface area (TPSA) is 105 Å². The van der Waals surface area contributed by atoms with Crippen LogP contribution < -0.4 is 19.1 Å². The van der Waals surface area contributed by atoms with E-state index in [1.165, 1.54) is 49.5 Å². The van der Waals surface area contributed by atoms with Crippen LogP contribution in [0.3, 0.4) is 0 Å². The van der Waals surface area contributed by atoms with Crippen molar-refractivity contribution in [2.75, 3.05) is 25.1 Å². The molecule has 4 rings (SSSR count). The van der Waals surface area contributed by atoms with Crippen LogP contribution in [-0.2, 0) is 32.6 Å². The summed E-state index contributed by atoms with van der Waals surface area (Å²) in [7, 11) is -1.63. The van der Waals surface area contributed by atoms with E-state index in [1.54, 1.807) is 0 Å². The van der Waals surface area contributed by atoms with Crippen LogP contribution in [0.2, 0.25) is 0 Å². The summed E-state index contributed by atoms with van der Waals surface area (Å²) in [6, 6.07) is 24.4. The summed E-state index contributed by atoms with van der Waals surface area (Å²) >= 11 is 3.44. The molecule has 0 saturated heterocycles. The number of hydrogen-bond donors (Lipinski definition) is 1. The number of sulfonamides is 1. The van der Waals surface area contributed by atoms with Crippen molar-refractivity contribution >= 4 is 43.5 Å². The third-order valence-corrected chi connectivity index (χ3v) is 10.2. The molecule has 4 aromatic carbocycles. The van der Waals surface area contributed by atoms with Crippen molar-refractivity contribution in [3.05, 3.63) is 118 Å². The molecule has 2 amide bonds. The molecule has 0 aromatic heterocycles. The van der Waals surface area contributed by atoms with Crippen molar-refractivity contribution in [1.29, 1.82) is 0 Å². The molecule has 12 heteroatoms. The van der Waals surface area contributed by atoms with E-state index in [-0.39, 0.29) is 41.2 Å². The van der Waals surface area contributed by atoms with Gasteiger partial charge in [0.15, 0.2) is 11.5 Å². The Labute approximate surface area is 289 Å². The van der Waals surface area contributed by atoms with E-state index in [0.717, 1.165) is 32.0 Å². The van der Waals surface area contributed by atoms with Crippen molar-refractivity contribution in [2.24, 2.45) is 0 Å². The third-order valence-electron chi connectivity index (χ3n) is 7.87. The Hall–Kier alpha value is -4.42. The number of rotatable bonds is 15. The molecular formula is C36H39BrFN3O6S. The molecule has 0 radical (unpaired) electrons. The number of ether oxygens (including phenoxy) is 2. The highest BCUT2D eigenvalue weighted by Gasteiger charge is 2.35. The number of nitrogens with zero attached hydrogens (tertiary/aromatic N) is 2. The van der Waals surface area contributed by atoms with Crippen molar-refractivity contribution in [3.63, 3.8) is 0 Å². The number of carbonyl (C=O) groups excluding carboxylic acids is 2. The molecule has 48 heavy (non-hydrogen) atoms. The van der Waals surface area contributed by atoms with Gasteiger partial charge >= 0.3 is 0 Å². The molecule has 0 fully saturated rings. The van der Waals surface area contributed by atoms with Gasteiger partial charge in [0.05, 0.1) is 24.8 Å². The predicted molar refractivity (Wildman–Crippen MR) is 187 cm³/mol. The minimum Gasteiger partial charge on any atom is -0.493 e. The maximum absolute atomic E-state index is 14.6. The van der Waals surface area contributed by atoms with E-state index in [2.05, 4.69) is 21.2 Å². The first-order valence-corrected chi connectivity index (χ1v) is 17.6. The maximum atomic E-state index is 14.6. The Morgan fingerprint density at radius 1 is 0.875 bits per heavy atom. The molecule has 2 atom stereocenters. The molecule has 0 spiro atoms. The van der Waals surface area contributed by atoms with Gasteiger partial charge < -0.3 is 19.7 Å². The smallest absolute Gasteiger partial charge is 0.264 e. The number of carbonyl (C=O) groups is 2. The minimum absolute atomic E-state index is 0.0191. The Balaban J connectivity index is 1.82. The molecule has 1 N–H and O–H groups in total. The molecule has 9 nitrogen and oxygen atoms in total. The number of methoxy groups -OCH3 is 2. The van der Waals surface area contributed by atoms with Crippen molar-refractivity contribution in [1.82, 2.24) is 10.2 Å². The van der Waals surface area contributed by atoms with Crippen LogP contribution >= 0.6 is 15.9 Å². The summed E-state index contributed by atoms with van der Waals surface area (Å²) in [6.07, 6.45) is 0.858. The summed E-state index contributed by atoms with van der Waals surface area (Å²) in [5.41, 5.74) is 1.62. The van der Waals surface area contributed by atoms with Crippen LogP contribution in [0.5, 0.6) is 11.5 Å². The summed E-state index contributed by atoms with van der Waals surface area (Å²) < 4.78 is 55.0. The highest BCUT2D eigenvalue weighted by molar-refractivity contribution is 9.10. The molecule has 254 valence electrons. The zero-order valence-electron chi connectivity index (χ0n) is 27.2. The fourth-order valence-electron chi connectivity index (χ4n) is 5.02. The summed E-state index contributed by atoms with van der Waals surface area (Å²) in [6.45, 7) is 3.16. The lowest BCUT2D eigenvalue weighted by atomic mass is 10.0. The normalized spacial score (nSPS) is 12.5. The zero-order valence-corrected chi connectivity index (χ0v) is 29.6. The second-order valence-corrected chi connectivity index (χ2v) is 14.0. The van der Waals surface area contributed by atoms with Gasteiger partial charge in [-0.05, 0) is 73.0 Å². The number of nitrogens with one attached hydrogen (secondary N) is 1. The molecular weight excluding hydrogens is 701 g/mol. The number of amides is 2. The lowest BCUT2D eigenvalue weighted by molar-refractivity contribution is -0.140. The van der Waals surface area contributed by atoms with E-state index < -0.39 is 34.3 Å². The maximum Gasteiger partial charge on any atom is 0.264 e. The summed E-state index contributed by atoms with van der Waals surface area (Å²) in [5.74, 6) is -1.08. The molecule has 0 aliphatic carbocycles. The zero-order chi connectivity index (χ0) is 34.8. The molecule has 0 aliphatic heterocycles. The average molecular weight is 741 g/mol. The predicted octanol–water partition coefficient (Wildman–Crippen LogP) is 6.36. The second kappa shape index (κ2) is 16.6. The third kappa shape index (κ3) is 9.13. The number of halogens is 2. The molecule has 0 bridgehead atoms. The van der Waals surface area contributed by atoms with Gasteiger partial charge in [0.1, 0.15) is 18.4 Å². The highest BCUT2D eigenvalue weighted by atomic mass is 79.9. The van der Waals surface area contributed by atoms with Crippen LogP contribution in [0, 0.1) is 5.82 Å².